The Morgan fingerprint density at radius 1 is 1.15 bits per heavy atom. The Bertz CT molecular complexity index is 842. The van der Waals surface area contributed by atoms with Gasteiger partial charge < -0.3 is 15.1 Å². The zero-order valence-corrected chi connectivity index (χ0v) is 14.1. The number of piperidine rings is 1. The van der Waals surface area contributed by atoms with Crippen LogP contribution in [0.3, 0.4) is 0 Å². The van der Waals surface area contributed by atoms with Crippen molar-refractivity contribution >= 4 is 23.4 Å². The number of hydrogen-bond acceptors (Lipinski definition) is 5. The summed E-state index contributed by atoms with van der Waals surface area (Å²) in [5.41, 5.74) is 1.62. The van der Waals surface area contributed by atoms with Crippen molar-refractivity contribution < 1.29 is 18.8 Å². The van der Waals surface area contributed by atoms with E-state index in [0.717, 1.165) is 19.5 Å². The minimum atomic E-state index is -0.680. The molecule has 4 heterocycles. The smallest absolute Gasteiger partial charge is 0.255 e. The Balaban J connectivity index is 1.50. The number of carbonyl (C=O) groups excluding carboxylic acids is 3. The van der Waals surface area contributed by atoms with Gasteiger partial charge in [-0.15, -0.1) is 0 Å². The molecule has 3 unspecified atom stereocenters. The first-order valence-corrected chi connectivity index (χ1v) is 8.99. The van der Waals surface area contributed by atoms with Crippen molar-refractivity contribution in [3.8, 4) is 0 Å². The number of rotatable bonds is 2. The lowest BCUT2D eigenvalue weighted by Gasteiger charge is -2.32. The van der Waals surface area contributed by atoms with Gasteiger partial charge in [0.2, 0.25) is 11.8 Å². The van der Waals surface area contributed by atoms with Gasteiger partial charge in [-0.25, -0.2) is 4.39 Å². The van der Waals surface area contributed by atoms with Crippen molar-refractivity contribution in [3.63, 3.8) is 0 Å². The lowest BCUT2D eigenvalue weighted by molar-refractivity contribution is -0.136. The molecule has 3 fully saturated rings. The molecule has 2 N–H and O–H groups in total. The molecule has 0 radical (unpaired) electrons. The summed E-state index contributed by atoms with van der Waals surface area (Å²) in [5, 5.41) is 5.69. The maximum atomic E-state index is 14.7. The predicted octanol–water partition coefficient (Wildman–Crippen LogP) is 0.137. The zero-order valence-electron chi connectivity index (χ0n) is 14.1. The van der Waals surface area contributed by atoms with Crippen molar-refractivity contribution in [3.05, 3.63) is 29.1 Å². The summed E-state index contributed by atoms with van der Waals surface area (Å²) in [5.74, 6) is -1.36. The number of fused-ring (bicyclic) bond motifs is 3. The maximum Gasteiger partial charge on any atom is 0.255 e. The number of hydrogen-bond donors (Lipinski definition) is 2. The first-order valence-electron chi connectivity index (χ1n) is 8.99. The highest BCUT2D eigenvalue weighted by Crippen LogP contribution is 2.39. The number of nitrogens with one attached hydrogen (secondary N) is 2. The summed E-state index contributed by atoms with van der Waals surface area (Å²) in [6.07, 6.45) is 1.49. The molecular formula is C18H19FN4O3. The number of piperazine rings is 1. The van der Waals surface area contributed by atoms with Crippen LogP contribution in [0.25, 0.3) is 0 Å². The molecule has 3 saturated heterocycles. The van der Waals surface area contributed by atoms with Gasteiger partial charge in [-0.2, -0.15) is 0 Å². The number of imide groups is 1. The lowest BCUT2D eigenvalue weighted by Crippen LogP contribution is -2.52. The van der Waals surface area contributed by atoms with E-state index in [1.807, 2.05) is 0 Å². The molecule has 1 aromatic carbocycles. The van der Waals surface area contributed by atoms with Gasteiger partial charge in [-0.1, -0.05) is 0 Å². The fraction of sp³-hybridized carbons (Fsp3) is 0.500. The van der Waals surface area contributed by atoms with E-state index in [9.17, 15) is 18.8 Å². The van der Waals surface area contributed by atoms with Gasteiger partial charge in [0, 0.05) is 49.3 Å². The number of anilines is 1. The Morgan fingerprint density at radius 3 is 2.69 bits per heavy atom. The summed E-state index contributed by atoms with van der Waals surface area (Å²) in [6.45, 7) is 1.75. The third kappa shape index (κ3) is 2.18. The van der Waals surface area contributed by atoms with Crippen LogP contribution in [-0.4, -0.2) is 53.8 Å². The summed E-state index contributed by atoms with van der Waals surface area (Å²) in [6, 6.07) is 2.77. The summed E-state index contributed by atoms with van der Waals surface area (Å²) < 4.78 is 14.7. The molecule has 7 nitrogen and oxygen atoms in total. The lowest BCUT2D eigenvalue weighted by atomic mass is 10.0. The molecule has 3 amide bonds. The fourth-order valence-electron chi connectivity index (χ4n) is 4.74. The van der Waals surface area contributed by atoms with Crippen molar-refractivity contribution in [2.45, 2.75) is 43.9 Å². The molecule has 2 bridgehead atoms. The fourth-order valence-corrected chi connectivity index (χ4v) is 4.74. The van der Waals surface area contributed by atoms with E-state index in [1.54, 1.807) is 0 Å². The molecule has 8 heteroatoms. The predicted molar refractivity (Wildman–Crippen MR) is 90.0 cm³/mol. The number of amides is 3. The summed E-state index contributed by atoms with van der Waals surface area (Å²) >= 11 is 0. The minimum absolute atomic E-state index is 0.203. The first-order chi connectivity index (χ1) is 12.5. The number of halogens is 1. The summed E-state index contributed by atoms with van der Waals surface area (Å²) in [7, 11) is 0. The third-order valence-electron chi connectivity index (χ3n) is 5.98. The molecule has 26 heavy (non-hydrogen) atoms. The molecule has 3 atom stereocenters. The van der Waals surface area contributed by atoms with E-state index in [1.165, 1.54) is 17.0 Å². The second-order valence-corrected chi connectivity index (χ2v) is 7.47. The van der Waals surface area contributed by atoms with Crippen LogP contribution in [0.1, 0.15) is 35.2 Å². The van der Waals surface area contributed by atoms with Crippen LogP contribution < -0.4 is 15.5 Å². The molecule has 4 aliphatic rings. The van der Waals surface area contributed by atoms with E-state index in [2.05, 4.69) is 15.5 Å². The van der Waals surface area contributed by atoms with E-state index < -0.39 is 11.9 Å². The molecular weight excluding hydrogens is 339 g/mol. The van der Waals surface area contributed by atoms with E-state index in [4.69, 9.17) is 0 Å². The molecule has 4 aliphatic heterocycles. The first kappa shape index (κ1) is 15.7. The minimum Gasteiger partial charge on any atom is -0.363 e. The standard InChI is InChI=1S/C18H19FN4O3/c19-13-2-1-11-12(16(13)22-7-9-5-10(22)6-20-9)8-23(18(11)26)14-3-4-15(24)21-17(14)25/h1-2,9-10,14,20H,3-8H2,(H,21,24,25). The molecule has 1 aromatic rings. The average molecular weight is 358 g/mol. The second kappa shape index (κ2) is 5.51. The number of benzene rings is 1. The van der Waals surface area contributed by atoms with Crippen molar-refractivity contribution in [1.29, 1.82) is 0 Å². The van der Waals surface area contributed by atoms with Crippen molar-refractivity contribution in [1.82, 2.24) is 15.5 Å². The topological polar surface area (TPSA) is 81.8 Å². The van der Waals surface area contributed by atoms with Gasteiger partial charge in [0.15, 0.2) is 0 Å². The van der Waals surface area contributed by atoms with Gasteiger partial charge in [0.05, 0.1) is 5.69 Å². The largest absolute Gasteiger partial charge is 0.363 e. The molecule has 0 aromatic heterocycles. The molecule has 0 aliphatic carbocycles. The maximum absolute atomic E-state index is 14.7. The van der Waals surface area contributed by atoms with Gasteiger partial charge in [0.25, 0.3) is 5.91 Å². The van der Waals surface area contributed by atoms with Crippen LogP contribution >= 0.6 is 0 Å². The highest BCUT2D eigenvalue weighted by atomic mass is 19.1. The Kier molecular flexibility index (Phi) is 3.34. The van der Waals surface area contributed by atoms with Gasteiger partial charge in [-0.3, -0.25) is 19.7 Å². The van der Waals surface area contributed by atoms with Crippen molar-refractivity contribution in [2.75, 3.05) is 18.0 Å². The number of nitrogens with zero attached hydrogens (tertiary/aromatic N) is 2. The average Bonchev–Trinajstić information content (AvgIpc) is 3.30. The van der Waals surface area contributed by atoms with Crippen molar-refractivity contribution in [2.24, 2.45) is 0 Å². The van der Waals surface area contributed by atoms with E-state index in [0.29, 0.717) is 29.3 Å². The van der Waals surface area contributed by atoms with Crippen LogP contribution in [-0.2, 0) is 16.1 Å². The van der Waals surface area contributed by atoms with E-state index in [-0.39, 0.29) is 36.6 Å². The normalized spacial score (nSPS) is 30.2. The Hall–Kier alpha value is -2.48. The molecule has 0 spiro atoms. The van der Waals surface area contributed by atoms with Crippen LogP contribution in [0.4, 0.5) is 10.1 Å². The quantitative estimate of drug-likeness (QED) is 0.735. The monoisotopic (exact) mass is 358 g/mol. The molecule has 0 saturated carbocycles. The Labute approximate surface area is 149 Å². The Morgan fingerprint density at radius 2 is 2.00 bits per heavy atom. The third-order valence-corrected chi connectivity index (χ3v) is 5.98. The highest BCUT2D eigenvalue weighted by molar-refractivity contribution is 6.06. The second-order valence-electron chi connectivity index (χ2n) is 7.47. The van der Waals surface area contributed by atoms with Crippen LogP contribution in [0.15, 0.2) is 12.1 Å². The van der Waals surface area contributed by atoms with Gasteiger partial charge in [-0.05, 0) is 25.0 Å². The van der Waals surface area contributed by atoms with E-state index >= 15 is 0 Å². The van der Waals surface area contributed by atoms with Crippen LogP contribution in [0.2, 0.25) is 0 Å². The highest BCUT2D eigenvalue weighted by Gasteiger charge is 2.44. The zero-order chi connectivity index (χ0) is 18.0. The summed E-state index contributed by atoms with van der Waals surface area (Å²) in [4.78, 5) is 40.0. The van der Waals surface area contributed by atoms with Crippen LogP contribution in [0, 0.1) is 5.82 Å². The number of carbonyl (C=O) groups is 3. The SMILES string of the molecule is O=C1CCC(N2Cc3c(ccc(F)c3N3CC4CC3CN4)C2=O)C(=O)N1. The van der Waals surface area contributed by atoms with Gasteiger partial charge in [0.1, 0.15) is 11.9 Å². The molecule has 136 valence electrons. The van der Waals surface area contributed by atoms with Crippen LogP contribution in [0.5, 0.6) is 0 Å². The van der Waals surface area contributed by atoms with Gasteiger partial charge >= 0.3 is 0 Å². The molecule has 5 rings (SSSR count).